The maximum Gasteiger partial charge on any atom is 0.231 e. The molecule has 0 aliphatic carbocycles. The zero-order valence-corrected chi connectivity index (χ0v) is 15.9. The van der Waals surface area contributed by atoms with E-state index in [1.807, 2.05) is 48.5 Å². The van der Waals surface area contributed by atoms with Crippen molar-refractivity contribution in [1.82, 2.24) is 0 Å². The highest BCUT2D eigenvalue weighted by atomic mass is 35.5. The lowest BCUT2D eigenvalue weighted by molar-refractivity contribution is 0.101. The summed E-state index contributed by atoms with van der Waals surface area (Å²) in [6.07, 6.45) is 1.70. The zero-order valence-electron chi connectivity index (χ0n) is 15.1. The Labute approximate surface area is 167 Å². The van der Waals surface area contributed by atoms with Crippen LogP contribution in [0.15, 0.2) is 72.5 Å². The molecule has 1 aliphatic heterocycles. The SMILES string of the molecule is COc1cccc(C=C2Oc3cc(OCc4ccccc4Cl)ccc3C2=O)c1. The average Bonchev–Trinajstić information content (AvgIpc) is 3.02. The van der Waals surface area contributed by atoms with E-state index in [1.165, 1.54) is 0 Å². The first-order chi connectivity index (χ1) is 13.6. The van der Waals surface area contributed by atoms with E-state index in [9.17, 15) is 4.79 Å². The number of Topliss-reactive ketones (excluding diaryl/α,β-unsaturated/α-hetero) is 1. The molecule has 0 atom stereocenters. The third kappa shape index (κ3) is 3.73. The van der Waals surface area contributed by atoms with Gasteiger partial charge in [0.05, 0.1) is 12.7 Å². The molecule has 140 valence electrons. The molecule has 3 aromatic carbocycles. The van der Waals surface area contributed by atoms with Crippen molar-refractivity contribution < 1.29 is 19.0 Å². The number of benzene rings is 3. The van der Waals surface area contributed by atoms with Gasteiger partial charge in [-0.05, 0) is 42.0 Å². The third-order valence-electron chi connectivity index (χ3n) is 4.39. The molecule has 0 radical (unpaired) electrons. The Morgan fingerprint density at radius 2 is 1.86 bits per heavy atom. The third-order valence-corrected chi connectivity index (χ3v) is 4.75. The van der Waals surface area contributed by atoms with Crippen LogP contribution < -0.4 is 14.2 Å². The number of hydrogen-bond acceptors (Lipinski definition) is 4. The van der Waals surface area contributed by atoms with Crippen molar-refractivity contribution in [3.8, 4) is 17.2 Å². The number of hydrogen-bond donors (Lipinski definition) is 0. The summed E-state index contributed by atoms with van der Waals surface area (Å²) in [5.74, 6) is 1.92. The normalized spacial score (nSPS) is 13.9. The lowest BCUT2D eigenvalue weighted by Gasteiger charge is -2.08. The Hall–Kier alpha value is -3.24. The van der Waals surface area contributed by atoms with Gasteiger partial charge in [0.1, 0.15) is 23.9 Å². The molecular formula is C23H17ClO4. The number of carbonyl (C=O) groups excluding carboxylic acids is 1. The maximum atomic E-state index is 12.6. The van der Waals surface area contributed by atoms with E-state index in [4.69, 9.17) is 25.8 Å². The Morgan fingerprint density at radius 3 is 2.68 bits per heavy atom. The van der Waals surface area contributed by atoms with Crippen LogP contribution in [0.2, 0.25) is 5.02 Å². The second-order valence-corrected chi connectivity index (χ2v) is 6.66. The Balaban J connectivity index is 1.52. The molecule has 28 heavy (non-hydrogen) atoms. The summed E-state index contributed by atoms with van der Waals surface area (Å²) in [4.78, 5) is 12.6. The first kappa shape index (κ1) is 18.1. The number of allylic oxidation sites excluding steroid dienone is 1. The fraction of sp³-hybridized carbons (Fsp3) is 0.0870. The molecule has 0 saturated carbocycles. The van der Waals surface area contributed by atoms with Gasteiger partial charge in [0.2, 0.25) is 5.78 Å². The van der Waals surface area contributed by atoms with Gasteiger partial charge in [-0.3, -0.25) is 4.79 Å². The van der Waals surface area contributed by atoms with Crippen molar-refractivity contribution in [2.45, 2.75) is 6.61 Å². The molecule has 0 aromatic heterocycles. The molecule has 0 N–H and O–H groups in total. The summed E-state index contributed by atoms with van der Waals surface area (Å²) in [5, 5.41) is 0.651. The number of fused-ring (bicyclic) bond motifs is 1. The first-order valence-corrected chi connectivity index (χ1v) is 9.10. The van der Waals surface area contributed by atoms with Crippen LogP contribution >= 0.6 is 11.6 Å². The molecule has 0 unspecified atom stereocenters. The van der Waals surface area contributed by atoms with Gasteiger partial charge in [-0.25, -0.2) is 0 Å². The molecule has 4 nitrogen and oxygen atoms in total. The Bertz CT molecular complexity index is 1070. The minimum atomic E-state index is -0.157. The van der Waals surface area contributed by atoms with Crippen LogP contribution in [0.4, 0.5) is 0 Å². The van der Waals surface area contributed by atoms with Gasteiger partial charge in [0, 0.05) is 16.7 Å². The number of rotatable bonds is 5. The molecule has 1 aliphatic rings. The quantitative estimate of drug-likeness (QED) is 0.534. The summed E-state index contributed by atoms with van der Waals surface area (Å²) in [6, 6.07) is 20.1. The molecule has 1 heterocycles. The van der Waals surface area contributed by atoms with Gasteiger partial charge in [0.25, 0.3) is 0 Å². The van der Waals surface area contributed by atoms with Crippen molar-refractivity contribution in [3.05, 3.63) is 94.2 Å². The van der Waals surface area contributed by atoms with Crippen LogP contribution in [-0.4, -0.2) is 12.9 Å². The van der Waals surface area contributed by atoms with Crippen LogP contribution in [0.5, 0.6) is 17.2 Å². The molecule has 0 fully saturated rings. The summed E-state index contributed by atoms with van der Waals surface area (Å²) in [7, 11) is 1.60. The van der Waals surface area contributed by atoms with Crippen molar-refractivity contribution in [1.29, 1.82) is 0 Å². The van der Waals surface area contributed by atoms with E-state index in [2.05, 4.69) is 0 Å². The van der Waals surface area contributed by atoms with E-state index < -0.39 is 0 Å². The summed E-state index contributed by atoms with van der Waals surface area (Å²) < 4.78 is 16.8. The van der Waals surface area contributed by atoms with Crippen molar-refractivity contribution in [3.63, 3.8) is 0 Å². The van der Waals surface area contributed by atoms with Crippen LogP contribution in [0, 0.1) is 0 Å². The fourth-order valence-electron chi connectivity index (χ4n) is 2.92. The number of carbonyl (C=O) groups is 1. The van der Waals surface area contributed by atoms with Gasteiger partial charge in [0.15, 0.2) is 5.76 Å². The molecular weight excluding hydrogens is 376 g/mol. The van der Waals surface area contributed by atoms with Crippen molar-refractivity contribution in [2.24, 2.45) is 0 Å². The van der Waals surface area contributed by atoms with E-state index in [1.54, 1.807) is 31.4 Å². The van der Waals surface area contributed by atoms with Gasteiger partial charge in [-0.1, -0.05) is 41.9 Å². The number of halogens is 1. The molecule has 0 amide bonds. The molecule has 3 aromatic rings. The van der Waals surface area contributed by atoms with E-state index >= 15 is 0 Å². The van der Waals surface area contributed by atoms with E-state index in [-0.39, 0.29) is 11.5 Å². The standard InChI is InChI=1S/C23H17ClO4/c1-26-17-7-4-5-15(11-17)12-22-23(25)19-10-9-18(13-21(19)28-22)27-14-16-6-2-3-8-20(16)24/h2-13H,14H2,1H3. The number of ether oxygens (including phenoxy) is 3. The highest BCUT2D eigenvalue weighted by Crippen LogP contribution is 2.35. The molecule has 5 heteroatoms. The first-order valence-electron chi connectivity index (χ1n) is 8.72. The Morgan fingerprint density at radius 1 is 1.00 bits per heavy atom. The fourth-order valence-corrected chi connectivity index (χ4v) is 3.11. The molecule has 0 bridgehead atoms. The summed E-state index contributed by atoms with van der Waals surface area (Å²) in [6.45, 7) is 0.332. The van der Waals surface area contributed by atoms with Gasteiger partial charge in [-0.15, -0.1) is 0 Å². The number of ketones is 1. The summed E-state index contributed by atoms with van der Waals surface area (Å²) >= 11 is 6.16. The zero-order chi connectivity index (χ0) is 19.5. The predicted molar refractivity (Wildman–Crippen MR) is 108 cm³/mol. The molecule has 4 rings (SSSR count). The van der Waals surface area contributed by atoms with Gasteiger partial charge in [-0.2, -0.15) is 0 Å². The van der Waals surface area contributed by atoms with Crippen LogP contribution in [0.25, 0.3) is 6.08 Å². The number of methoxy groups -OCH3 is 1. The molecule has 0 saturated heterocycles. The van der Waals surface area contributed by atoms with E-state index in [0.717, 1.165) is 11.1 Å². The second kappa shape index (κ2) is 7.79. The van der Waals surface area contributed by atoms with Gasteiger partial charge >= 0.3 is 0 Å². The maximum absolute atomic E-state index is 12.6. The summed E-state index contributed by atoms with van der Waals surface area (Å²) in [5.41, 5.74) is 2.23. The Kier molecular flexibility index (Phi) is 5.04. The topological polar surface area (TPSA) is 44.8 Å². The van der Waals surface area contributed by atoms with Crippen LogP contribution in [0.1, 0.15) is 21.5 Å². The van der Waals surface area contributed by atoms with Crippen molar-refractivity contribution in [2.75, 3.05) is 7.11 Å². The van der Waals surface area contributed by atoms with Crippen molar-refractivity contribution >= 4 is 23.5 Å². The highest BCUT2D eigenvalue weighted by molar-refractivity contribution is 6.31. The second-order valence-electron chi connectivity index (χ2n) is 6.25. The lowest BCUT2D eigenvalue weighted by Crippen LogP contribution is -1.98. The van der Waals surface area contributed by atoms with Gasteiger partial charge < -0.3 is 14.2 Å². The largest absolute Gasteiger partial charge is 0.497 e. The minimum absolute atomic E-state index is 0.157. The lowest BCUT2D eigenvalue weighted by atomic mass is 10.1. The monoisotopic (exact) mass is 392 g/mol. The smallest absolute Gasteiger partial charge is 0.231 e. The predicted octanol–water partition coefficient (Wildman–Crippen LogP) is 5.54. The van der Waals surface area contributed by atoms with E-state index in [0.29, 0.717) is 34.4 Å². The minimum Gasteiger partial charge on any atom is -0.497 e. The van der Waals surface area contributed by atoms with Crippen LogP contribution in [0.3, 0.4) is 0 Å². The highest BCUT2D eigenvalue weighted by Gasteiger charge is 2.27. The average molecular weight is 393 g/mol. The molecule has 0 spiro atoms. The van der Waals surface area contributed by atoms with Crippen LogP contribution in [-0.2, 0) is 6.61 Å².